The lowest BCUT2D eigenvalue weighted by Gasteiger charge is -2.12. The first-order valence-corrected chi connectivity index (χ1v) is 9.04. The Labute approximate surface area is 161 Å². The molecule has 0 spiro atoms. The van der Waals surface area contributed by atoms with Crippen molar-refractivity contribution in [2.45, 2.75) is 26.9 Å². The van der Waals surface area contributed by atoms with E-state index in [2.05, 4.69) is 15.0 Å². The fourth-order valence-electron chi connectivity index (χ4n) is 3.02. The van der Waals surface area contributed by atoms with E-state index < -0.39 is 6.10 Å². The normalized spacial score (nSPS) is 12.6. The highest BCUT2D eigenvalue weighted by molar-refractivity contribution is 6.33. The molecule has 27 heavy (non-hydrogen) atoms. The smallest absolute Gasteiger partial charge is 0.165 e. The lowest BCUT2D eigenvalue weighted by Crippen LogP contribution is -2.12. The second kappa shape index (κ2) is 6.79. The molecule has 1 N–H and O–H groups in total. The highest BCUT2D eigenvalue weighted by Crippen LogP contribution is 2.33. The number of halogens is 1. The lowest BCUT2D eigenvalue weighted by molar-refractivity contribution is 0.123. The van der Waals surface area contributed by atoms with Crippen molar-refractivity contribution in [1.82, 2.24) is 19.4 Å². The van der Waals surface area contributed by atoms with Gasteiger partial charge in [0.25, 0.3) is 0 Å². The maximum atomic E-state index is 9.46. The van der Waals surface area contributed by atoms with Crippen LogP contribution in [0.1, 0.15) is 18.3 Å². The van der Waals surface area contributed by atoms with E-state index in [0.29, 0.717) is 16.6 Å². The van der Waals surface area contributed by atoms with E-state index in [0.717, 1.165) is 33.6 Å². The van der Waals surface area contributed by atoms with Gasteiger partial charge in [-0.1, -0.05) is 11.6 Å². The fraction of sp³-hybridized carbons (Fsp3) is 0.250. The third kappa shape index (κ3) is 3.22. The van der Waals surface area contributed by atoms with Crippen molar-refractivity contribution in [2.24, 2.45) is 0 Å². The van der Waals surface area contributed by atoms with Crippen LogP contribution in [-0.2, 0) is 0 Å². The van der Waals surface area contributed by atoms with Gasteiger partial charge in [-0.15, -0.1) is 0 Å². The molecule has 0 radical (unpaired) electrons. The zero-order valence-electron chi connectivity index (χ0n) is 15.3. The largest absolute Gasteiger partial charge is 0.491 e. The molecule has 0 aliphatic rings. The van der Waals surface area contributed by atoms with E-state index in [4.69, 9.17) is 16.3 Å². The van der Waals surface area contributed by atoms with E-state index in [1.165, 1.54) is 0 Å². The van der Waals surface area contributed by atoms with Crippen molar-refractivity contribution in [3.63, 3.8) is 0 Å². The summed E-state index contributed by atoms with van der Waals surface area (Å²) in [7, 11) is 0. The predicted molar refractivity (Wildman–Crippen MR) is 105 cm³/mol. The van der Waals surface area contributed by atoms with Crippen LogP contribution in [0.2, 0.25) is 5.02 Å². The van der Waals surface area contributed by atoms with Gasteiger partial charge < -0.3 is 9.84 Å². The van der Waals surface area contributed by atoms with Crippen LogP contribution in [0.4, 0.5) is 0 Å². The summed E-state index contributed by atoms with van der Waals surface area (Å²) in [4.78, 5) is 13.9. The summed E-state index contributed by atoms with van der Waals surface area (Å²) in [6.07, 6.45) is 1.22. The number of nitrogens with zero attached hydrogens (tertiary/aromatic N) is 4. The summed E-state index contributed by atoms with van der Waals surface area (Å²) < 4.78 is 7.61. The molecular weight excluding hydrogens is 364 g/mol. The topological polar surface area (TPSA) is 72.5 Å². The Morgan fingerprint density at radius 3 is 2.78 bits per heavy atom. The molecule has 4 aromatic rings. The molecule has 1 atom stereocenters. The van der Waals surface area contributed by atoms with E-state index in [1.807, 2.05) is 36.4 Å². The molecule has 1 aromatic carbocycles. The van der Waals surface area contributed by atoms with Gasteiger partial charge >= 0.3 is 0 Å². The van der Waals surface area contributed by atoms with Crippen LogP contribution >= 0.6 is 11.6 Å². The van der Waals surface area contributed by atoms with Gasteiger partial charge in [-0.3, -0.25) is 4.40 Å². The van der Waals surface area contributed by atoms with Crippen LogP contribution in [0.25, 0.3) is 28.1 Å². The number of aryl methyl sites for hydroxylation is 2. The molecule has 0 fully saturated rings. The van der Waals surface area contributed by atoms with Crippen molar-refractivity contribution in [2.75, 3.05) is 6.61 Å². The summed E-state index contributed by atoms with van der Waals surface area (Å²) in [5.74, 6) is 1.29. The maximum Gasteiger partial charge on any atom is 0.165 e. The van der Waals surface area contributed by atoms with Gasteiger partial charge in [0, 0.05) is 11.3 Å². The van der Waals surface area contributed by atoms with Crippen molar-refractivity contribution in [3.05, 3.63) is 52.9 Å². The van der Waals surface area contributed by atoms with Gasteiger partial charge in [0.15, 0.2) is 5.65 Å². The number of fused-ring (bicyclic) bond motifs is 3. The molecule has 0 aliphatic heterocycles. The van der Waals surface area contributed by atoms with Gasteiger partial charge in [0.1, 0.15) is 23.7 Å². The van der Waals surface area contributed by atoms with Gasteiger partial charge in [0.05, 0.1) is 28.5 Å². The first kappa shape index (κ1) is 17.7. The summed E-state index contributed by atoms with van der Waals surface area (Å²) >= 11 is 6.48. The summed E-state index contributed by atoms with van der Waals surface area (Å²) in [6, 6.07) is 9.27. The molecule has 0 saturated carbocycles. The Bertz CT molecular complexity index is 1150. The zero-order valence-corrected chi connectivity index (χ0v) is 16.0. The van der Waals surface area contributed by atoms with Crippen molar-refractivity contribution in [1.29, 1.82) is 0 Å². The monoisotopic (exact) mass is 382 g/mol. The van der Waals surface area contributed by atoms with Gasteiger partial charge in [-0.05, 0) is 51.1 Å². The predicted octanol–water partition coefficient (Wildman–Crippen LogP) is 3.97. The molecule has 0 saturated heterocycles. The van der Waals surface area contributed by atoms with Crippen LogP contribution < -0.4 is 4.74 Å². The number of benzene rings is 1. The summed E-state index contributed by atoms with van der Waals surface area (Å²) in [5, 5.41) is 10.0. The molecule has 6 nitrogen and oxygen atoms in total. The van der Waals surface area contributed by atoms with Crippen LogP contribution in [0.5, 0.6) is 5.75 Å². The van der Waals surface area contributed by atoms with E-state index in [1.54, 1.807) is 25.3 Å². The van der Waals surface area contributed by atoms with Gasteiger partial charge in [-0.25, -0.2) is 15.0 Å². The van der Waals surface area contributed by atoms with Crippen LogP contribution in [0.15, 0.2) is 36.5 Å². The number of aromatic nitrogens is 4. The highest BCUT2D eigenvalue weighted by atomic mass is 35.5. The Balaban J connectivity index is 1.96. The van der Waals surface area contributed by atoms with Crippen LogP contribution in [0, 0.1) is 13.8 Å². The van der Waals surface area contributed by atoms with E-state index in [-0.39, 0.29) is 6.61 Å². The molecule has 0 amide bonds. The van der Waals surface area contributed by atoms with Crippen LogP contribution in [-0.4, -0.2) is 37.2 Å². The molecule has 7 heteroatoms. The third-order valence-electron chi connectivity index (χ3n) is 4.30. The fourth-order valence-corrected chi connectivity index (χ4v) is 3.22. The standard InChI is InChI=1S/C20H19ClN4O2/c1-11-4-7-17-20(23-11)25-18(13(3)24-17)9-22-19(25)15-8-14(5-6-16(15)21)27-10-12(2)26/h4-9,12,26H,10H2,1-3H3. The van der Waals surface area contributed by atoms with Gasteiger partial charge in [-0.2, -0.15) is 0 Å². The Morgan fingerprint density at radius 2 is 2.00 bits per heavy atom. The van der Waals surface area contributed by atoms with Crippen LogP contribution in [0.3, 0.4) is 0 Å². The molecule has 3 aromatic heterocycles. The SMILES string of the molecule is Cc1ccc2nc(C)c3cnc(-c4cc(OCC(C)O)ccc4Cl)n3c2n1. The number of rotatable bonds is 4. The Hall–Kier alpha value is -2.70. The first-order chi connectivity index (χ1) is 12.9. The number of hydrogen-bond acceptors (Lipinski definition) is 5. The minimum Gasteiger partial charge on any atom is -0.491 e. The average molecular weight is 383 g/mol. The molecule has 0 bridgehead atoms. The number of aliphatic hydroxyl groups is 1. The molecule has 1 unspecified atom stereocenters. The maximum absolute atomic E-state index is 9.46. The quantitative estimate of drug-likeness (QED) is 0.578. The number of hydrogen-bond donors (Lipinski definition) is 1. The summed E-state index contributed by atoms with van der Waals surface area (Å²) in [6.45, 7) is 5.77. The van der Waals surface area contributed by atoms with Crippen molar-refractivity contribution in [3.8, 4) is 17.1 Å². The minimum absolute atomic E-state index is 0.204. The van der Waals surface area contributed by atoms with Crippen molar-refractivity contribution < 1.29 is 9.84 Å². The number of ether oxygens (including phenoxy) is 1. The minimum atomic E-state index is -0.554. The third-order valence-corrected chi connectivity index (χ3v) is 4.63. The zero-order chi connectivity index (χ0) is 19.1. The second-order valence-electron chi connectivity index (χ2n) is 6.60. The summed E-state index contributed by atoms with van der Waals surface area (Å²) in [5.41, 5.74) is 4.90. The average Bonchev–Trinajstić information content (AvgIpc) is 3.07. The number of pyridine rings is 1. The molecule has 3 heterocycles. The lowest BCUT2D eigenvalue weighted by atomic mass is 10.2. The highest BCUT2D eigenvalue weighted by Gasteiger charge is 2.17. The first-order valence-electron chi connectivity index (χ1n) is 8.66. The molecule has 4 rings (SSSR count). The van der Waals surface area contributed by atoms with E-state index >= 15 is 0 Å². The molecule has 0 aliphatic carbocycles. The Morgan fingerprint density at radius 1 is 1.19 bits per heavy atom. The van der Waals surface area contributed by atoms with E-state index in [9.17, 15) is 5.11 Å². The van der Waals surface area contributed by atoms with Crippen molar-refractivity contribution >= 4 is 28.3 Å². The number of imidazole rings is 1. The molecular formula is C20H19ClN4O2. The second-order valence-corrected chi connectivity index (χ2v) is 7.00. The Kier molecular flexibility index (Phi) is 4.45. The van der Waals surface area contributed by atoms with Gasteiger partial charge in [0.2, 0.25) is 0 Å². The number of aliphatic hydroxyl groups excluding tert-OH is 1. The molecule has 138 valence electrons.